The monoisotopic (exact) mass is 464 g/mol. The van der Waals surface area contributed by atoms with E-state index in [4.69, 9.17) is 0 Å². The summed E-state index contributed by atoms with van der Waals surface area (Å²) in [4.78, 5) is 19.3. The summed E-state index contributed by atoms with van der Waals surface area (Å²) in [5, 5.41) is 25.6. The van der Waals surface area contributed by atoms with Gasteiger partial charge < -0.3 is 15.5 Å². The van der Waals surface area contributed by atoms with Crippen molar-refractivity contribution in [1.82, 2.24) is 20.5 Å². The summed E-state index contributed by atoms with van der Waals surface area (Å²) in [5.74, 6) is 0.195. The lowest BCUT2D eigenvalue weighted by molar-refractivity contribution is -0.128. The quantitative estimate of drug-likeness (QED) is 0.707. The summed E-state index contributed by atoms with van der Waals surface area (Å²) in [5.41, 5.74) is 5.44. The Labute approximate surface area is 205 Å². The molecule has 7 nitrogen and oxygen atoms in total. The van der Waals surface area contributed by atoms with Gasteiger partial charge in [0.1, 0.15) is 0 Å². The first-order chi connectivity index (χ1) is 17.2. The molecule has 0 bridgehead atoms. The second kappa shape index (κ2) is 10.1. The summed E-state index contributed by atoms with van der Waals surface area (Å²) in [7, 11) is 0. The highest BCUT2D eigenvalue weighted by Gasteiger charge is 2.31. The van der Waals surface area contributed by atoms with Crippen LogP contribution >= 0.6 is 0 Å². The smallest absolute Gasteiger partial charge is 0.252 e. The van der Waals surface area contributed by atoms with Gasteiger partial charge in [-0.1, -0.05) is 23.8 Å². The Morgan fingerprint density at radius 3 is 2.86 bits per heavy atom. The highest BCUT2D eigenvalue weighted by molar-refractivity contribution is 5.96. The van der Waals surface area contributed by atoms with Gasteiger partial charge in [-0.2, -0.15) is 10.5 Å². The van der Waals surface area contributed by atoms with Crippen molar-refractivity contribution in [1.29, 1.82) is 10.5 Å². The first-order valence-corrected chi connectivity index (χ1v) is 12.2. The zero-order valence-corrected chi connectivity index (χ0v) is 19.6. The fourth-order valence-electron chi connectivity index (χ4n) is 5.39. The number of rotatable bonds is 4. The first kappa shape index (κ1) is 22.8. The molecule has 1 saturated heterocycles. The van der Waals surface area contributed by atoms with Gasteiger partial charge in [0.2, 0.25) is 0 Å². The highest BCUT2D eigenvalue weighted by Crippen LogP contribution is 2.38. The van der Waals surface area contributed by atoms with E-state index in [-0.39, 0.29) is 17.9 Å². The second-order valence-electron chi connectivity index (χ2n) is 9.41. The van der Waals surface area contributed by atoms with Gasteiger partial charge in [0.25, 0.3) is 5.91 Å². The van der Waals surface area contributed by atoms with Crippen LogP contribution in [0, 0.1) is 28.6 Å². The molecule has 7 heteroatoms. The molecule has 35 heavy (non-hydrogen) atoms. The largest absolute Gasteiger partial charge is 0.387 e. The number of carbonyl (C=O) groups is 1. The Morgan fingerprint density at radius 2 is 2.06 bits per heavy atom. The van der Waals surface area contributed by atoms with Crippen molar-refractivity contribution in [2.24, 2.45) is 5.92 Å². The number of aromatic nitrogens is 1. The molecule has 2 atom stereocenters. The van der Waals surface area contributed by atoms with Crippen LogP contribution in [0.3, 0.4) is 0 Å². The van der Waals surface area contributed by atoms with Crippen LogP contribution in [0.4, 0.5) is 0 Å². The predicted octanol–water partition coefficient (Wildman–Crippen LogP) is 3.45. The molecule has 5 rings (SSSR count). The number of hydrogen-bond donors (Lipinski definition) is 2. The minimum Gasteiger partial charge on any atom is -0.387 e. The zero-order chi connectivity index (χ0) is 24.2. The molecule has 3 heterocycles. The van der Waals surface area contributed by atoms with Crippen molar-refractivity contribution in [3.63, 3.8) is 0 Å². The van der Waals surface area contributed by atoms with Gasteiger partial charge >= 0.3 is 0 Å². The van der Waals surface area contributed by atoms with Crippen molar-refractivity contribution in [2.45, 2.75) is 37.8 Å². The number of carbonyl (C=O) groups excluding carboxylic acids is 1. The Bertz CT molecular complexity index is 1250. The van der Waals surface area contributed by atoms with E-state index in [2.05, 4.69) is 52.1 Å². The fourth-order valence-corrected chi connectivity index (χ4v) is 5.39. The van der Waals surface area contributed by atoms with E-state index in [1.807, 2.05) is 23.4 Å². The molecule has 0 saturated carbocycles. The van der Waals surface area contributed by atoms with Crippen LogP contribution in [0.2, 0.25) is 0 Å². The van der Waals surface area contributed by atoms with Crippen LogP contribution in [-0.2, 0) is 4.79 Å². The van der Waals surface area contributed by atoms with Crippen LogP contribution in [-0.4, -0.2) is 41.5 Å². The number of nitriles is 2. The Morgan fingerprint density at radius 1 is 1.20 bits per heavy atom. The van der Waals surface area contributed by atoms with E-state index in [9.17, 15) is 15.3 Å². The molecule has 0 aromatic carbocycles. The fraction of sp³-hybridized carbons (Fsp3) is 0.357. The van der Waals surface area contributed by atoms with Crippen LogP contribution in [0.25, 0.3) is 6.08 Å². The maximum Gasteiger partial charge on any atom is 0.252 e. The number of allylic oxidation sites excluding steroid dienone is 6. The zero-order valence-electron chi connectivity index (χ0n) is 19.6. The normalized spacial score (nSPS) is 24.0. The predicted molar refractivity (Wildman–Crippen MR) is 133 cm³/mol. The van der Waals surface area contributed by atoms with Gasteiger partial charge in [-0.25, -0.2) is 0 Å². The molecule has 2 unspecified atom stereocenters. The number of pyridine rings is 1. The SMILES string of the molecule is N#CC1=CC(C2=Cc3ccncc3C(NC3CCN(C(=O)C4=C(C#N)C=CNC4)CC3)C2)CC=C1. The maximum atomic E-state index is 13.0. The molecule has 1 aromatic heterocycles. The van der Waals surface area contributed by atoms with Gasteiger partial charge in [0.15, 0.2) is 0 Å². The van der Waals surface area contributed by atoms with Crippen molar-refractivity contribution in [2.75, 3.05) is 19.6 Å². The molecule has 4 aliphatic rings. The lowest BCUT2D eigenvalue weighted by Crippen LogP contribution is -2.47. The number of dihydropyridines is 1. The van der Waals surface area contributed by atoms with E-state index in [1.165, 1.54) is 16.7 Å². The van der Waals surface area contributed by atoms with E-state index >= 15 is 0 Å². The van der Waals surface area contributed by atoms with Crippen LogP contribution in [0.5, 0.6) is 0 Å². The molecule has 176 valence electrons. The summed E-state index contributed by atoms with van der Waals surface area (Å²) in [6, 6.07) is 6.92. The van der Waals surface area contributed by atoms with Crippen molar-refractivity contribution < 1.29 is 4.79 Å². The van der Waals surface area contributed by atoms with Gasteiger partial charge in [0.05, 0.1) is 23.3 Å². The van der Waals surface area contributed by atoms with Gasteiger partial charge in [0, 0.05) is 55.6 Å². The van der Waals surface area contributed by atoms with Gasteiger partial charge in [-0.3, -0.25) is 9.78 Å². The molecule has 2 N–H and O–H groups in total. The molecule has 1 aromatic rings. The van der Waals surface area contributed by atoms with Crippen LogP contribution in [0.15, 0.2) is 71.3 Å². The Kier molecular flexibility index (Phi) is 6.61. The lowest BCUT2D eigenvalue weighted by Gasteiger charge is -2.37. The third-order valence-electron chi connectivity index (χ3n) is 7.29. The van der Waals surface area contributed by atoms with Crippen molar-refractivity contribution >= 4 is 12.0 Å². The number of nitrogens with one attached hydrogen (secondary N) is 2. The van der Waals surface area contributed by atoms with Crippen LogP contribution in [0.1, 0.15) is 42.9 Å². The first-order valence-electron chi connectivity index (χ1n) is 12.2. The third kappa shape index (κ3) is 4.82. The minimum absolute atomic E-state index is 0.0419. The molecular formula is C28H28N6O. The maximum absolute atomic E-state index is 13.0. The molecule has 1 fully saturated rings. The molecule has 2 aliphatic carbocycles. The number of fused-ring (bicyclic) bond motifs is 1. The van der Waals surface area contributed by atoms with E-state index in [0.717, 1.165) is 31.3 Å². The topological polar surface area (TPSA) is 105 Å². The van der Waals surface area contributed by atoms with Gasteiger partial charge in [-0.15, -0.1) is 0 Å². The second-order valence-corrected chi connectivity index (χ2v) is 9.41. The van der Waals surface area contributed by atoms with E-state index in [0.29, 0.717) is 36.8 Å². The molecular weight excluding hydrogens is 436 g/mol. The number of amides is 1. The summed E-state index contributed by atoms with van der Waals surface area (Å²) in [6.07, 6.45) is 19.0. The summed E-state index contributed by atoms with van der Waals surface area (Å²) in [6.45, 7) is 1.73. The summed E-state index contributed by atoms with van der Waals surface area (Å²) < 4.78 is 0. The average molecular weight is 465 g/mol. The number of likely N-dealkylation sites (tertiary alicyclic amines) is 1. The number of nitrogens with zero attached hydrogens (tertiary/aromatic N) is 4. The van der Waals surface area contributed by atoms with Crippen molar-refractivity contribution in [3.8, 4) is 12.1 Å². The molecule has 2 aliphatic heterocycles. The standard InChI is InChI=1S/C28H28N6O/c29-15-19-2-1-3-20(12-19)23-13-21-4-8-31-17-25(21)27(14-23)33-24-6-10-34(11-7-24)28(35)26-18-32-9-5-22(26)16-30/h1-2,4-5,8-9,12-13,17,20,24,27,32-33H,3,6-7,10-11,14,18H2. The Hall–Kier alpha value is -3.94. The van der Waals surface area contributed by atoms with E-state index in [1.54, 1.807) is 12.3 Å². The van der Waals surface area contributed by atoms with Gasteiger partial charge in [-0.05, 0) is 61.2 Å². The number of hydrogen-bond acceptors (Lipinski definition) is 6. The highest BCUT2D eigenvalue weighted by atomic mass is 16.2. The molecule has 0 radical (unpaired) electrons. The molecule has 0 spiro atoms. The lowest BCUT2D eigenvalue weighted by atomic mass is 9.79. The molecule has 1 amide bonds. The third-order valence-corrected chi connectivity index (χ3v) is 7.29. The Balaban J connectivity index is 1.26. The van der Waals surface area contributed by atoms with E-state index < -0.39 is 0 Å². The minimum atomic E-state index is -0.0419. The summed E-state index contributed by atoms with van der Waals surface area (Å²) >= 11 is 0. The average Bonchev–Trinajstić information content (AvgIpc) is 2.93. The van der Waals surface area contributed by atoms with Crippen molar-refractivity contribution in [3.05, 3.63) is 82.4 Å². The van der Waals surface area contributed by atoms with Crippen LogP contribution < -0.4 is 10.6 Å². The number of piperidine rings is 1.